The highest BCUT2D eigenvalue weighted by molar-refractivity contribution is 6.04. The van der Waals surface area contributed by atoms with Gasteiger partial charge in [0.15, 0.2) is 0 Å². The Morgan fingerprint density at radius 2 is 2.07 bits per heavy atom. The summed E-state index contributed by atoms with van der Waals surface area (Å²) in [6.07, 6.45) is 0. The van der Waals surface area contributed by atoms with Crippen molar-refractivity contribution in [3.63, 3.8) is 0 Å². The molecule has 0 aliphatic rings. The minimum atomic E-state index is -0.453. The zero-order valence-electron chi connectivity index (χ0n) is 8.16. The molecule has 2 aromatic rings. The summed E-state index contributed by atoms with van der Waals surface area (Å²) in [6, 6.07) is 9.52. The van der Waals surface area contributed by atoms with Gasteiger partial charge in [-0.05, 0) is 29.0 Å². The molecule has 0 atom stereocenters. The van der Waals surface area contributed by atoms with E-state index in [1.54, 1.807) is 18.2 Å². The van der Waals surface area contributed by atoms with Crippen LogP contribution < -0.4 is 0 Å². The zero-order valence-corrected chi connectivity index (χ0v) is 8.16. The van der Waals surface area contributed by atoms with E-state index in [0.29, 0.717) is 10.9 Å². The number of methoxy groups -OCH3 is 1. The molecule has 0 spiro atoms. The quantitative estimate of drug-likeness (QED) is 0.667. The van der Waals surface area contributed by atoms with Crippen molar-refractivity contribution in [1.82, 2.24) is 0 Å². The van der Waals surface area contributed by atoms with E-state index in [-0.39, 0.29) is 5.82 Å². The van der Waals surface area contributed by atoms with Crippen LogP contribution in [0.15, 0.2) is 36.4 Å². The molecule has 0 N–H and O–H groups in total. The van der Waals surface area contributed by atoms with E-state index in [1.165, 1.54) is 19.2 Å². The third-order valence-corrected chi connectivity index (χ3v) is 2.25. The van der Waals surface area contributed by atoms with Crippen LogP contribution in [-0.4, -0.2) is 13.1 Å². The van der Waals surface area contributed by atoms with Crippen LogP contribution in [0.25, 0.3) is 10.8 Å². The number of ether oxygens (including phenoxy) is 1. The second-order valence-electron chi connectivity index (χ2n) is 3.16. The summed E-state index contributed by atoms with van der Waals surface area (Å²) < 4.78 is 17.7. The Morgan fingerprint density at radius 3 is 2.80 bits per heavy atom. The summed E-state index contributed by atoms with van der Waals surface area (Å²) >= 11 is 0. The lowest BCUT2D eigenvalue weighted by molar-refractivity contribution is 0.0603. The molecule has 2 aromatic carbocycles. The number of carbonyl (C=O) groups excluding carboxylic acids is 1. The van der Waals surface area contributed by atoms with Crippen LogP contribution in [0.1, 0.15) is 10.4 Å². The van der Waals surface area contributed by atoms with Gasteiger partial charge in [0.1, 0.15) is 5.82 Å². The van der Waals surface area contributed by atoms with E-state index in [4.69, 9.17) is 0 Å². The van der Waals surface area contributed by atoms with Gasteiger partial charge < -0.3 is 4.74 Å². The van der Waals surface area contributed by atoms with Crippen LogP contribution >= 0.6 is 0 Å². The summed E-state index contributed by atoms with van der Waals surface area (Å²) in [4.78, 5) is 11.4. The number of benzene rings is 2. The number of rotatable bonds is 1. The van der Waals surface area contributed by atoms with Crippen molar-refractivity contribution in [2.75, 3.05) is 7.11 Å². The first kappa shape index (κ1) is 9.65. The summed E-state index contributed by atoms with van der Waals surface area (Å²) in [5.74, 6) is -0.815. The van der Waals surface area contributed by atoms with Crippen molar-refractivity contribution in [3.05, 3.63) is 47.8 Å². The molecule has 0 radical (unpaired) electrons. The van der Waals surface area contributed by atoms with Crippen molar-refractivity contribution in [2.45, 2.75) is 0 Å². The molecular formula is C12H9FO2. The Balaban J connectivity index is 2.74. The van der Waals surface area contributed by atoms with Crippen molar-refractivity contribution in [1.29, 1.82) is 0 Å². The van der Waals surface area contributed by atoms with Gasteiger partial charge in [0.25, 0.3) is 0 Å². The predicted molar refractivity (Wildman–Crippen MR) is 55.2 cm³/mol. The Morgan fingerprint density at radius 1 is 1.27 bits per heavy atom. The molecule has 0 saturated heterocycles. The van der Waals surface area contributed by atoms with Crippen LogP contribution in [-0.2, 0) is 4.74 Å². The van der Waals surface area contributed by atoms with Gasteiger partial charge in [0.05, 0.1) is 12.7 Å². The minimum Gasteiger partial charge on any atom is -0.465 e. The molecule has 2 rings (SSSR count). The van der Waals surface area contributed by atoms with Crippen LogP contribution in [0, 0.1) is 5.82 Å². The monoisotopic (exact) mass is 204 g/mol. The van der Waals surface area contributed by atoms with E-state index in [2.05, 4.69) is 4.74 Å². The average molecular weight is 204 g/mol. The Labute approximate surface area is 86.3 Å². The summed E-state index contributed by atoms with van der Waals surface area (Å²) in [7, 11) is 1.31. The largest absolute Gasteiger partial charge is 0.465 e. The normalized spacial score (nSPS) is 10.3. The first-order valence-corrected chi connectivity index (χ1v) is 4.49. The Bertz CT molecular complexity index is 520. The molecule has 2 nitrogen and oxygen atoms in total. The molecule has 0 aliphatic carbocycles. The van der Waals surface area contributed by atoms with E-state index in [0.717, 1.165) is 5.39 Å². The lowest BCUT2D eigenvalue weighted by Gasteiger charge is -2.04. The highest BCUT2D eigenvalue weighted by atomic mass is 19.1. The van der Waals surface area contributed by atoms with E-state index in [9.17, 15) is 9.18 Å². The summed E-state index contributed by atoms with van der Waals surface area (Å²) in [5, 5.41) is 1.39. The van der Waals surface area contributed by atoms with Gasteiger partial charge in [-0.25, -0.2) is 9.18 Å². The third kappa shape index (κ3) is 1.68. The van der Waals surface area contributed by atoms with Crippen LogP contribution in [0.5, 0.6) is 0 Å². The average Bonchev–Trinajstić information content (AvgIpc) is 2.27. The van der Waals surface area contributed by atoms with E-state index in [1.807, 2.05) is 6.07 Å². The highest BCUT2D eigenvalue weighted by Gasteiger charge is 2.09. The molecule has 0 saturated carbocycles. The molecule has 0 aliphatic heterocycles. The van der Waals surface area contributed by atoms with Crippen LogP contribution in [0.3, 0.4) is 0 Å². The maximum Gasteiger partial charge on any atom is 0.338 e. The lowest BCUT2D eigenvalue weighted by Crippen LogP contribution is -2.01. The fourth-order valence-corrected chi connectivity index (χ4v) is 1.53. The highest BCUT2D eigenvalue weighted by Crippen LogP contribution is 2.20. The number of fused-ring (bicyclic) bond motifs is 1. The molecule has 0 fully saturated rings. The molecule has 76 valence electrons. The van der Waals surface area contributed by atoms with Crippen molar-refractivity contribution in [3.8, 4) is 0 Å². The minimum absolute atomic E-state index is 0.362. The molecule has 0 unspecified atom stereocenters. The van der Waals surface area contributed by atoms with Crippen molar-refractivity contribution < 1.29 is 13.9 Å². The molecular weight excluding hydrogens is 195 g/mol. The van der Waals surface area contributed by atoms with Crippen LogP contribution in [0.4, 0.5) is 4.39 Å². The number of hydrogen-bond acceptors (Lipinski definition) is 2. The van der Waals surface area contributed by atoms with Gasteiger partial charge in [0.2, 0.25) is 0 Å². The smallest absolute Gasteiger partial charge is 0.338 e. The van der Waals surface area contributed by atoms with Crippen molar-refractivity contribution in [2.24, 2.45) is 0 Å². The molecule has 0 bridgehead atoms. The van der Waals surface area contributed by atoms with Gasteiger partial charge in [-0.1, -0.05) is 18.2 Å². The van der Waals surface area contributed by atoms with E-state index < -0.39 is 5.97 Å². The van der Waals surface area contributed by atoms with Gasteiger partial charge in [-0.15, -0.1) is 0 Å². The first-order chi connectivity index (χ1) is 7.22. The van der Waals surface area contributed by atoms with Gasteiger partial charge in [-0.3, -0.25) is 0 Å². The summed E-state index contributed by atoms with van der Waals surface area (Å²) in [5.41, 5.74) is 0.384. The number of esters is 1. The molecule has 3 heteroatoms. The standard InChI is InChI=1S/C12H9FO2/c1-15-12(14)10-4-2-3-8-5-6-9(13)7-11(8)10/h2-7H,1H3. The first-order valence-electron chi connectivity index (χ1n) is 4.49. The number of carbonyl (C=O) groups is 1. The van der Waals surface area contributed by atoms with Gasteiger partial charge in [0, 0.05) is 0 Å². The fraction of sp³-hybridized carbons (Fsp3) is 0.0833. The predicted octanol–water partition coefficient (Wildman–Crippen LogP) is 2.77. The molecule has 0 aromatic heterocycles. The second-order valence-corrected chi connectivity index (χ2v) is 3.16. The van der Waals surface area contributed by atoms with Crippen LogP contribution in [0.2, 0.25) is 0 Å². The molecule has 0 heterocycles. The fourth-order valence-electron chi connectivity index (χ4n) is 1.53. The van der Waals surface area contributed by atoms with Gasteiger partial charge in [-0.2, -0.15) is 0 Å². The maximum atomic E-state index is 13.0. The topological polar surface area (TPSA) is 26.3 Å². The zero-order chi connectivity index (χ0) is 10.8. The molecule has 15 heavy (non-hydrogen) atoms. The summed E-state index contributed by atoms with van der Waals surface area (Å²) in [6.45, 7) is 0. The van der Waals surface area contributed by atoms with Gasteiger partial charge >= 0.3 is 5.97 Å². The SMILES string of the molecule is COC(=O)c1cccc2ccc(F)cc12. The Kier molecular flexibility index (Phi) is 2.37. The third-order valence-electron chi connectivity index (χ3n) is 2.25. The Hall–Kier alpha value is -1.90. The van der Waals surface area contributed by atoms with E-state index >= 15 is 0 Å². The van der Waals surface area contributed by atoms with Crippen molar-refractivity contribution >= 4 is 16.7 Å². The number of hydrogen-bond donors (Lipinski definition) is 0. The number of halogens is 1. The maximum absolute atomic E-state index is 13.0. The second kappa shape index (κ2) is 3.69. The lowest BCUT2D eigenvalue weighted by atomic mass is 10.0. The molecule has 0 amide bonds.